The number of rotatable bonds is 12. The molecule has 31 heavy (non-hydrogen) atoms. The van der Waals surface area contributed by atoms with Gasteiger partial charge in [0.1, 0.15) is 0 Å². The average Bonchev–Trinajstić information content (AvgIpc) is 3.63. The molecule has 4 saturated heterocycles. The third-order valence-electron chi connectivity index (χ3n) is 6.32. The van der Waals surface area contributed by atoms with Crippen molar-refractivity contribution in [1.29, 1.82) is 0 Å². The molecule has 0 bridgehead atoms. The Balaban J connectivity index is 1.08. The Morgan fingerprint density at radius 3 is 1.06 bits per heavy atom. The van der Waals surface area contributed by atoms with Crippen LogP contribution in [0.5, 0.6) is 0 Å². The van der Waals surface area contributed by atoms with Crippen molar-refractivity contribution >= 4 is 11.4 Å². The Bertz CT molecular complexity index is 770. The number of hydrogen-bond donors (Lipinski definition) is 0. The van der Waals surface area contributed by atoms with Gasteiger partial charge in [0.25, 0.3) is 0 Å². The lowest BCUT2D eigenvalue weighted by molar-refractivity contribution is 0.388. The number of hydrogen-bond acceptors (Lipinski definition) is 6. The van der Waals surface area contributed by atoms with Crippen LogP contribution in [-0.2, 0) is 25.4 Å². The van der Waals surface area contributed by atoms with E-state index < -0.39 is 0 Å². The highest BCUT2D eigenvalue weighted by Crippen LogP contribution is 2.25. The van der Waals surface area contributed by atoms with Gasteiger partial charge in [-0.15, -0.1) is 0 Å². The first-order valence-electron chi connectivity index (χ1n) is 11.4. The van der Waals surface area contributed by atoms with Crippen molar-refractivity contribution in [3.05, 3.63) is 59.7 Å². The van der Waals surface area contributed by atoms with Gasteiger partial charge in [0, 0.05) is 37.6 Å². The zero-order chi connectivity index (χ0) is 20.6. The Kier molecular flexibility index (Phi) is 5.32. The molecule has 0 radical (unpaired) electrons. The molecule has 0 aliphatic carbocycles. The Hall–Kier alpha value is -2.12. The third kappa shape index (κ3) is 5.57. The zero-order valence-corrected chi connectivity index (χ0v) is 17.8. The molecule has 0 aromatic heterocycles. The van der Waals surface area contributed by atoms with Crippen LogP contribution in [-0.4, -0.2) is 77.0 Å². The van der Waals surface area contributed by atoms with Crippen molar-refractivity contribution in [1.82, 2.24) is 0 Å². The van der Waals surface area contributed by atoms with Crippen molar-refractivity contribution in [3.8, 4) is 0 Å². The van der Waals surface area contributed by atoms with Crippen LogP contribution >= 0.6 is 0 Å². The lowest BCUT2D eigenvalue weighted by Gasteiger charge is -2.24. The predicted molar refractivity (Wildman–Crippen MR) is 119 cm³/mol. The summed E-state index contributed by atoms with van der Waals surface area (Å²) in [6, 6.07) is 17.9. The maximum atomic E-state index is 5.44. The van der Waals surface area contributed by atoms with Crippen molar-refractivity contribution in [3.63, 3.8) is 0 Å². The van der Waals surface area contributed by atoms with Crippen LogP contribution in [0.1, 0.15) is 11.1 Å². The molecule has 0 saturated carbocycles. The third-order valence-corrected chi connectivity index (χ3v) is 6.32. The van der Waals surface area contributed by atoms with E-state index in [1.807, 2.05) is 0 Å². The van der Waals surface area contributed by atoms with Gasteiger partial charge in [0.2, 0.25) is 0 Å². The maximum absolute atomic E-state index is 5.44. The van der Waals surface area contributed by atoms with Crippen LogP contribution in [0.4, 0.5) is 11.4 Å². The topological polar surface area (TPSA) is 56.6 Å². The Labute approximate surface area is 183 Å². The van der Waals surface area contributed by atoms with Gasteiger partial charge in [-0.05, 0) is 41.8 Å². The Morgan fingerprint density at radius 1 is 0.516 bits per heavy atom. The van der Waals surface area contributed by atoms with Gasteiger partial charge in [0.05, 0.1) is 50.8 Å². The normalized spacial score (nSPS) is 27.6. The molecule has 0 spiro atoms. The summed E-state index contributed by atoms with van der Waals surface area (Å²) in [7, 11) is 0. The minimum Gasteiger partial charge on any atom is -0.371 e. The molecule has 0 amide bonds. The standard InChI is InChI=1S/C25H30N2O4/c1-5-20(26(10-22-14-28-22)11-23-15-29-23)6-2-18(1)9-19-3-7-21(8-4-19)27(12-24-16-30-24)13-25-17-31-25/h1-8,22-25H,9-17H2/t22-,23+,24-,25+. The fourth-order valence-electron chi connectivity index (χ4n) is 4.13. The van der Waals surface area contributed by atoms with Crippen molar-refractivity contribution in [2.45, 2.75) is 30.8 Å². The molecule has 6 nitrogen and oxygen atoms in total. The van der Waals surface area contributed by atoms with Crippen LogP contribution in [0.2, 0.25) is 0 Å². The molecule has 4 fully saturated rings. The second kappa shape index (κ2) is 8.43. The molecule has 0 unspecified atom stereocenters. The number of nitrogens with zero attached hydrogens (tertiary/aromatic N) is 2. The first-order chi connectivity index (χ1) is 15.3. The Morgan fingerprint density at radius 2 is 0.806 bits per heavy atom. The summed E-state index contributed by atoms with van der Waals surface area (Å²) in [5.74, 6) is 0. The number of ether oxygens (including phenoxy) is 4. The van der Waals surface area contributed by atoms with E-state index in [2.05, 4.69) is 58.3 Å². The molecular formula is C25H30N2O4. The zero-order valence-electron chi connectivity index (χ0n) is 17.8. The molecule has 4 aliphatic heterocycles. The minimum absolute atomic E-state index is 0.384. The summed E-state index contributed by atoms with van der Waals surface area (Å²) in [6.45, 7) is 7.35. The van der Waals surface area contributed by atoms with E-state index in [9.17, 15) is 0 Å². The summed E-state index contributed by atoms with van der Waals surface area (Å²) in [5.41, 5.74) is 5.17. The summed E-state index contributed by atoms with van der Waals surface area (Å²) >= 11 is 0. The molecule has 0 N–H and O–H groups in total. The van der Waals surface area contributed by atoms with Gasteiger partial charge >= 0.3 is 0 Å². The van der Waals surface area contributed by atoms with Gasteiger partial charge in [-0.2, -0.15) is 0 Å². The lowest BCUT2D eigenvalue weighted by atomic mass is 10.0. The van der Waals surface area contributed by atoms with Gasteiger partial charge in [-0.3, -0.25) is 0 Å². The molecule has 4 atom stereocenters. The van der Waals surface area contributed by atoms with E-state index in [0.717, 1.165) is 59.0 Å². The second-order valence-electron chi connectivity index (χ2n) is 9.14. The number of epoxide rings is 4. The maximum Gasteiger partial charge on any atom is 0.0984 e. The van der Waals surface area contributed by atoms with E-state index in [0.29, 0.717) is 24.4 Å². The van der Waals surface area contributed by atoms with Crippen LogP contribution in [0.25, 0.3) is 0 Å². The van der Waals surface area contributed by atoms with Gasteiger partial charge in [-0.25, -0.2) is 0 Å². The molecule has 2 aromatic carbocycles. The first-order valence-corrected chi connectivity index (χ1v) is 11.4. The van der Waals surface area contributed by atoms with E-state index in [4.69, 9.17) is 18.9 Å². The summed E-state index contributed by atoms with van der Waals surface area (Å²) in [6.07, 6.45) is 2.48. The second-order valence-corrected chi connectivity index (χ2v) is 9.14. The smallest absolute Gasteiger partial charge is 0.0984 e. The minimum atomic E-state index is 0.384. The van der Waals surface area contributed by atoms with E-state index in [1.54, 1.807) is 0 Å². The average molecular weight is 423 g/mol. The van der Waals surface area contributed by atoms with Crippen molar-refractivity contribution in [2.24, 2.45) is 0 Å². The molecule has 4 aliphatic rings. The highest BCUT2D eigenvalue weighted by atomic mass is 16.6. The quantitative estimate of drug-likeness (QED) is 0.490. The fraction of sp³-hybridized carbons (Fsp3) is 0.520. The number of benzene rings is 2. The van der Waals surface area contributed by atoms with Crippen LogP contribution < -0.4 is 9.80 Å². The SMILES string of the molecule is c1cc(N(C[C@H]2CO2)C[C@@H]2CO2)ccc1Cc1ccc(N(C[C@H]2CO2)C[C@@H]2CO2)cc1. The van der Waals surface area contributed by atoms with E-state index >= 15 is 0 Å². The van der Waals surface area contributed by atoms with E-state index in [1.165, 1.54) is 22.5 Å². The van der Waals surface area contributed by atoms with Crippen LogP contribution in [0, 0.1) is 0 Å². The summed E-state index contributed by atoms with van der Waals surface area (Å²) in [4.78, 5) is 4.80. The molecule has 6 heteroatoms. The fourth-order valence-corrected chi connectivity index (χ4v) is 4.13. The predicted octanol–water partition coefficient (Wildman–Crippen LogP) is 2.49. The lowest BCUT2D eigenvalue weighted by Crippen LogP contribution is -2.31. The van der Waals surface area contributed by atoms with Gasteiger partial charge in [0.15, 0.2) is 0 Å². The van der Waals surface area contributed by atoms with Crippen LogP contribution in [0.15, 0.2) is 48.5 Å². The summed E-state index contributed by atoms with van der Waals surface area (Å²) in [5, 5.41) is 0. The summed E-state index contributed by atoms with van der Waals surface area (Å²) < 4.78 is 21.8. The first kappa shape index (κ1) is 19.6. The molecule has 164 valence electrons. The van der Waals surface area contributed by atoms with Gasteiger partial charge < -0.3 is 28.7 Å². The molecule has 4 heterocycles. The van der Waals surface area contributed by atoms with Crippen molar-refractivity contribution < 1.29 is 18.9 Å². The van der Waals surface area contributed by atoms with Crippen molar-refractivity contribution in [2.75, 3.05) is 62.4 Å². The van der Waals surface area contributed by atoms with Gasteiger partial charge in [-0.1, -0.05) is 24.3 Å². The molecule has 6 rings (SSSR count). The molecule has 2 aromatic rings. The monoisotopic (exact) mass is 422 g/mol. The molecular weight excluding hydrogens is 392 g/mol. The van der Waals surface area contributed by atoms with Crippen LogP contribution in [0.3, 0.4) is 0 Å². The highest BCUT2D eigenvalue weighted by Gasteiger charge is 2.32. The highest BCUT2D eigenvalue weighted by molar-refractivity contribution is 5.51. The number of anilines is 2. The van der Waals surface area contributed by atoms with E-state index in [-0.39, 0.29) is 0 Å². The largest absolute Gasteiger partial charge is 0.371 e.